The number of hydrogen-bond acceptors (Lipinski definition) is 4. The van der Waals surface area contributed by atoms with Crippen LogP contribution in [0.5, 0.6) is 5.88 Å². The Bertz CT molecular complexity index is 647. The zero-order valence-corrected chi connectivity index (χ0v) is 10.3. The fraction of sp³-hybridized carbons (Fsp3) is 0.0714. The van der Waals surface area contributed by atoms with Crippen molar-refractivity contribution in [1.29, 1.82) is 5.26 Å². The van der Waals surface area contributed by atoms with E-state index < -0.39 is 0 Å². The predicted molar refractivity (Wildman–Crippen MR) is 69.9 cm³/mol. The Morgan fingerprint density at radius 1 is 1.26 bits per heavy atom. The summed E-state index contributed by atoms with van der Waals surface area (Å²) in [6, 6.07) is 13.7. The van der Waals surface area contributed by atoms with Crippen LogP contribution < -0.4 is 10.1 Å². The van der Waals surface area contributed by atoms with Gasteiger partial charge >= 0.3 is 0 Å². The Kier molecular flexibility index (Phi) is 3.74. The average Bonchev–Trinajstić information content (AvgIpc) is 2.47. The van der Waals surface area contributed by atoms with E-state index in [1.54, 1.807) is 42.5 Å². The lowest BCUT2D eigenvalue weighted by Gasteiger charge is -2.07. The molecule has 0 saturated carbocycles. The van der Waals surface area contributed by atoms with E-state index in [1.165, 1.54) is 7.11 Å². The van der Waals surface area contributed by atoms with Gasteiger partial charge in [0.2, 0.25) is 5.88 Å². The van der Waals surface area contributed by atoms with Gasteiger partial charge in [0, 0.05) is 6.07 Å². The molecular weight excluding hydrogens is 242 g/mol. The second-order valence-corrected chi connectivity index (χ2v) is 3.68. The van der Waals surface area contributed by atoms with Gasteiger partial charge in [0.05, 0.1) is 18.4 Å². The topological polar surface area (TPSA) is 75.0 Å². The van der Waals surface area contributed by atoms with E-state index in [-0.39, 0.29) is 11.6 Å². The Hall–Kier alpha value is -2.87. The summed E-state index contributed by atoms with van der Waals surface area (Å²) in [5.41, 5.74) is 1.09. The maximum atomic E-state index is 12.0. The summed E-state index contributed by atoms with van der Waals surface area (Å²) in [5.74, 6) is -0.0252. The van der Waals surface area contributed by atoms with Crippen LogP contribution in [0.4, 0.5) is 5.69 Å². The van der Waals surface area contributed by atoms with Crippen molar-refractivity contribution >= 4 is 11.6 Å². The molecule has 2 rings (SSSR count). The van der Waals surface area contributed by atoms with Crippen molar-refractivity contribution in [3.63, 3.8) is 0 Å². The molecule has 2 aromatic rings. The van der Waals surface area contributed by atoms with Crippen LogP contribution in [-0.2, 0) is 0 Å². The maximum absolute atomic E-state index is 12.0. The van der Waals surface area contributed by atoms with Gasteiger partial charge in [-0.05, 0) is 18.2 Å². The third-order valence-electron chi connectivity index (χ3n) is 2.46. The monoisotopic (exact) mass is 253 g/mol. The van der Waals surface area contributed by atoms with Crippen molar-refractivity contribution in [3.05, 3.63) is 53.7 Å². The molecule has 19 heavy (non-hydrogen) atoms. The van der Waals surface area contributed by atoms with Gasteiger partial charge in [-0.2, -0.15) is 5.26 Å². The number of nitrogens with one attached hydrogen (secondary N) is 1. The second-order valence-electron chi connectivity index (χ2n) is 3.68. The van der Waals surface area contributed by atoms with E-state index in [2.05, 4.69) is 10.3 Å². The van der Waals surface area contributed by atoms with Gasteiger partial charge < -0.3 is 10.1 Å². The molecule has 0 atom stereocenters. The van der Waals surface area contributed by atoms with Gasteiger partial charge in [0.25, 0.3) is 5.91 Å². The number of pyridine rings is 1. The van der Waals surface area contributed by atoms with E-state index in [9.17, 15) is 4.79 Å². The van der Waals surface area contributed by atoms with Crippen molar-refractivity contribution in [2.24, 2.45) is 0 Å². The first-order valence-corrected chi connectivity index (χ1v) is 5.56. The third-order valence-corrected chi connectivity index (χ3v) is 2.46. The molecule has 0 radical (unpaired) electrons. The number of amides is 1. The highest BCUT2D eigenvalue weighted by atomic mass is 16.5. The Labute approximate surface area is 110 Å². The van der Waals surface area contributed by atoms with E-state index in [4.69, 9.17) is 10.00 Å². The minimum atomic E-state index is -0.387. The molecule has 0 saturated heterocycles. The van der Waals surface area contributed by atoms with Crippen molar-refractivity contribution in [1.82, 2.24) is 4.98 Å². The lowest BCUT2D eigenvalue weighted by Crippen LogP contribution is -2.14. The molecule has 0 aliphatic heterocycles. The van der Waals surface area contributed by atoms with Crippen LogP contribution in [0.15, 0.2) is 42.5 Å². The summed E-state index contributed by atoms with van der Waals surface area (Å²) in [6.45, 7) is 0. The van der Waals surface area contributed by atoms with Gasteiger partial charge in [-0.15, -0.1) is 0 Å². The number of rotatable bonds is 3. The number of nitrogens with zero attached hydrogens (tertiary/aromatic N) is 2. The quantitative estimate of drug-likeness (QED) is 0.910. The molecule has 94 valence electrons. The fourth-order valence-corrected chi connectivity index (χ4v) is 1.53. The summed E-state index contributed by atoms with van der Waals surface area (Å²) in [6.07, 6.45) is 0. The smallest absolute Gasteiger partial charge is 0.274 e. The first kappa shape index (κ1) is 12.6. The highest BCUT2D eigenvalue weighted by Gasteiger charge is 2.10. The molecule has 1 aromatic carbocycles. The van der Waals surface area contributed by atoms with Crippen LogP contribution in [0.3, 0.4) is 0 Å². The van der Waals surface area contributed by atoms with E-state index in [0.29, 0.717) is 17.1 Å². The largest absolute Gasteiger partial charge is 0.481 e. The summed E-state index contributed by atoms with van der Waals surface area (Å²) in [4.78, 5) is 16.0. The molecule has 5 heteroatoms. The van der Waals surface area contributed by atoms with Gasteiger partial charge in [-0.3, -0.25) is 4.79 Å². The molecule has 1 heterocycles. The number of aromatic nitrogens is 1. The lowest BCUT2D eigenvalue weighted by atomic mass is 10.2. The number of methoxy groups -OCH3 is 1. The Morgan fingerprint density at radius 3 is 2.79 bits per heavy atom. The zero-order chi connectivity index (χ0) is 13.7. The van der Waals surface area contributed by atoms with Gasteiger partial charge in [-0.25, -0.2) is 4.98 Å². The standard InChI is InChI=1S/C14H11N3O2/c1-19-13-8-4-7-12(16-13)14(18)17-11-6-3-2-5-10(11)9-15/h2-8H,1H3,(H,17,18). The Balaban J connectivity index is 2.23. The zero-order valence-electron chi connectivity index (χ0n) is 10.3. The minimum Gasteiger partial charge on any atom is -0.481 e. The normalized spacial score (nSPS) is 9.47. The van der Waals surface area contributed by atoms with Crippen molar-refractivity contribution in [2.45, 2.75) is 0 Å². The second kappa shape index (κ2) is 5.65. The number of benzene rings is 1. The van der Waals surface area contributed by atoms with Crippen molar-refractivity contribution in [3.8, 4) is 11.9 Å². The molecule has 0 unspecified atom stereocenters. The van der Waals surface area contributed by atoms with Crippen LogP contribution in [0.1, 0.15) is 16.1 Å². The molecule has 1 N–H and O–H groups in total. The lowest BCUT2D eigenvalue weighted by molar-refractivity contribution is 0.102. The number of carbonyl (C=O) groups excluding carboxylic acids is 1. The summed E-state index contributed by atoms with van der Waals surface area (Å²) >= 11 is 0. The molecule has 1 aromatic heterocycles. The van der Waals surface area contributed by atoms with Crippen molar-refractivity contribution in [2.75, 3.05) is 12.4 Å². The molecule has 0 aliphatic carbocycles. The summed E-state index contributed by atoms with van der Waals surface area (Å²) in [7, 11) is 1.48. The Morgan fingerprint density at radius 2 is 2.05 bits per heavy atom. The first-order valence-electron chi connectivity index (χ1n) is 5.56. The SMILES string of the molecule is COc1cccc(C(=O)Nc2ccccc2C#N)n1. The first-order chi connectivity index (χ1) is 9.24. The predicted octanol–water partition coefficient (Wildman–Crippen LogP) is 2.21. The number of anilines is 1. The van der Waals surface area contributed by atoms with Gasteiger partial charge in [0.1, 0.15) is 11.8 Å². The number of hydrogen-bond donors (Lipinski definition) is 1. The number of carbonyl (C=O) groups is 1. The highest BCUT2D eigenvalue weighted by molar-refractivity contribution is 6.03. The van der Waals surface area contributed by atoms with Crippen LogP contribution in [0.2, 0.25) is 0 Å². The third kappa shape index (κ3) is 2.87. The van der Waals surface area contributed by atoms with Crippen LogP contribution in [-0.4, -0.2) is 18.0 Å². The van der Waals surface area contributed by atoms with Gasteiger partial charge in [-0.1, -0.05) is 18.2 Å². The van der Waals surface area contributed by atoms with Crippen LogP contribution >= 0.6 is 0 Å². The molecule has 0 bridgehead atoms. The molecule has 0 spiro atoms. The molecular formula is C14H11N3O2. The van der Waals surface area contributed by atoms with E-state index in [0.717, 1.165) is 0 Å². The van der Waals surface area contributed by atoms with E-state index >= 15 is 0 Å². The van der Waals surface area contributed by atoms with Gasteiger partial charge in [0.15, 0.2) is 0 Å². The molecule has 1 amide bonds. The molecule has 0 fully saturated rings. The van der Waals surface area contributed by atoms with E-state index in [1.807, 2.05) is 6.07 Å². The highest BCUT2D eigenvalue weighted by Crippen LogP contribution is 2.15. The summed E-state index contributed by atoms with van der Waals surface area (Å²) in [5, 5.41) is 11.6. The van der Waals surface area contributed by atoms with Crippen molar-refractivity contribution < 1.29 is 9.53 Å². The number of para-hydroxylation sites is 1. The minimum absolute atomic E-state index is 0.229. The molecule has 0 aliphatic rings. The maximum Gasteiger partial charge on any atom is 0.274 e. The summed E-state index contributed by atoms with van der Waals surface area (Å²) < 4.78 is 4.96. The number of nitriles is 1. The fourth-order valence-electron chi connectivity index (χ4n) is 1.53. The average molecular weight is 253 g/mol. The molecule has 5 nitrogen and oxygen atoms in total. The van der Waals surface area contributed by atoms with Crippen LogP contribution in [0.25, 0.3) is 0 Å². The number of ether oxygens (including phenoxy) is 1. The van der Waals surface area contributed by atoms with Crippen LogP contribution in [0, 0.1) is 11.3 Å².